The molecule has 2 saturated heterocycles. The fraction of sp³-hybridized carbons (Fsp3) is 0.875. The van der Waals surface area contributed by atoms with Gasteiger partial charge in [0.15, 0.2) is 12.3 Å². The van der Waals surface area contributed by atoms with Gasteiger partial charge in [0.05, 0.1) is 12.4 Å². The summed E-state index contributed by atoms with van der Waals surface area (Å²) in [5.41, 5.74) is 0.962. The zero-order valence-electron chi connectivity index (χ0n) is 19.4. The Bertz CT molecular complexity index is 668. The highest BCUT2D eigenvalue weighted by atomic mass is 19.1. The Morgan fingerprint density at radius 3 is 2.87 bits per heavy atom. The van der Waals surface area contributed by atoms with Crippen molar-refractivity contribution < 1.29 is 14.1 Å². The summed E-state index contributed by atoms with van der Waals surface area (Å²) in [6.07, 6.45) is 10.1. The molecule has 0 spiro atoms. The maximum Gasteiger partial charge on any atom is 0.246 e. The Morgan fingerprint density at radius 2 is 2.06 bits per heavy atom. The Balaban J connectivity index is 1.32. The van der Waals surface area contributed by atoms with E-state index in [1.54, 1.807) is 0 Å². The molecule has 3 aliphatic heterocycles. The fourth-order valence-electron chi connectivity index (χ4n) is 6.42. The van der Waals surface area contributed by atoms with Crippen molar-refractivity contribution in [2.45, 2.75) is 82.8 Å². The molecule has 4 rings (SSSR count). The van der Waals surface area contributed by atoms with Gasteiger partial charge in [-0.3, -0.25) is 5.32 Å². The summed E-state index contributed by atoms with van der Waals surface area (Å²) in [6.45, 7) is 5.89. The summed E-state index contributed by atoms with van der Waals surface area (Å²) in [4.78, 5) is 0. The largest absolute Gasteiger partial charge is 0.371 e. The van der Waals surface area contributed by atoms with Crippen molar-refractivity contribution in [1.82, 2.24) is 21.3 Å². The van der Waals surface area contributed by atoms with E-state index in [1.165, 1.54) is 25.7 Å². The molecule has 0 aromatic heterocycles. The predicted molar refractivity (Wildman–Crippen MR) is 123 cm³/mol. The van der Waals surface area contributed by atoms with Crippen molar-refractivity contribution in [3.05, 3.63) is 11.4 Å². The summed E-state index contributed by atoms with van der Waals surface area (Å²) in [6, 6.07) is 0.977. The molecule has 7 atom stereocenters. The minimum atomic E-state index is -0.545. The van der Waals surface area contributed by atoms with Gasteiger partial charge in [-0.25, -0.2) is 14.3 Å². The normalized spacial score (nSPS) is 36.7. The molecule has 31 heavy (non-hydrogen) atoms. The molecule has 7 unspecified atom stereocenters. The van der Waals surface area contributed by atoms with E-state index in [-0.39, 0.29) is 12.0 Å². The monoisotopic (exact) mass is 436 g/mol. The predicted octanol–water partition coefficient (Wildman–Crippen LogP) is 1.71. The van der Waals surface area contributed by atoms with Gasteiger partial charge in [-0.15, -0.1) is 0 Å². The van der Waals surface area contributed by atoms with Gasteiger partial charge in [0.2, 0.25) is 6.17 Å². The first-order valence-electron chi connectivity index (χ1n) is 12.6. The van der Waals surface area contributed by atoms with Crippen LogP contribution in [0.2, 0.25) is 0 Å². The molecule has 6 nitrogen and oxygen atoms in total. The first-order chi connectivity index (χ1) is 15.1. The second-order valence-corrected chi connectivity index (χ2v) is 10.2. The lowest BCUT2D eigenvalue weighted by Crippen LogP contribution is -2.50. The molecule has 176 valence electrons. The SMILES string of the molecule is CNCCCCCNC(O)C1NCC2CC(C3CCNC3C3CCC(F)=C(C)C3)C=[N+]21. The van der Waals surface area contributed by atoms with Gasteiger partial charge in [-0.2, -0.15) is 0 Å². The van der Waals surface area contributed by atoms with Crippen molar-refractivity contribution in [3.8, 4) is 0 Å². The number of nitrogens with one attached hydrogen (secondary N) is 4. The van der Waals surface area contributed by atoms with Crippen LogP contribution < -0.4 is 21.3 Å². The summed E-state index contributed by atoms with van der Waals surface area (Å²) >= 11 is 0. The average molecular weight is 437 g/mol. The Labute approximate surface area is 187 Å². The van der Waals surface area contributed by atoms with Gasteiger partial charge in [0.25, 0.3) is 0 Å². The molecule has 0 amide bonds. The number of fused-ring (bicyclic) bond motifs is 1. The van der Waals surface area contributed by atoms with Crippen LogP contribution in [0.4, 0.5) is 4.39 Å². The third-order valence-corrected chi connectivity index (χ3v) is 8.11. The third-order valence-electron chi connectivity index (χ3n) is 8.11. The molecule has 7 heteroatoms. The minimum absolute atomic E-state index is 0.0333. The summed E-state index contributed by atoms with van der Waals surface area (Å²) in [5, 5.41) is 24.6. The number of allylic oxidation sites excluding steroid dienone is 2. The lowest BCUT2D eigenvalue weighted by molar-refractivity contribution is -0.579. The maximum atomic E-state index is 13.9. The van der Waals surface area contributed by atoms with Crippen molar-refractivity contribution in [2.75, 3.05) is 33.2 Å². The van der Waals surface area contributed by atoms with Crippen LogP contribution in [0.3, 0.4) is 0 Å². The number of rotatable bonds is 10. The van der Waals surface area contributed by atoms with Gasteiger partial charge in [-0.05, 0) is 89.5 Å². The van der Waals surface area contributed by atoms with Gasteiger partial charge in [0.1, 0.15) is 6.21 Å². The highest BCUT2D eigenvalue weighted by Crippen LogP contribution is 2.40. The quantitative estimate of drug-likeness (QED) is 0.205. The molecule has 3 heterocycles. The second-order valence-electron chi connectivity index (χ2n) is 10.2. The molecule has 2 fully saturated rings. The number of unbranched alkanes of at least 4 members (excludes halogenated alkanes) is 2. The standard InChI is InChI=1S/C24H43FN5O/c1-16-12-17(6-7-21(16)25)22-20(8-11-27-22)18-13-19-14-29-23(30(19)15-18)24(31)28-10-5-3-4-9-26-2/h15,17-20,22-24,26-29,31H,3-14H2,1-2H3/q+1. The zero-order valence-corrected chi connectivity index (χ0v) is 19.4. The smallest absolute Gasteiger partial charge is 0.246 e. The number of nitrogens with zero attached hydrogens (tertiary/aromatic N) is 1. The van der Waals surface area contributed by atoms with Crippen LogP contribution in [-0.2, 0) is 0 Å². The summed E-state index contributed by atoms with van der Waals surface area (Å²) in [5.74, 6) is 1.86. The Kier molecular flexibility index (Phi) is 8.15. The van der Waals surface area contributed by atoms with Crippen LogP contribution in [0.5, 0.6) is 0 Å². The van der Waals surface area contributed by atoms with Crippen LogP contribution in [0, 0.1) is 17.8 Å². The maximum absolute atomic E-state index is 13.9. The number of aliphatic hydroxyl groups excluding tert-OH is 1. The first-order valence-corrected chi connectivity index (χ1v) is 12.6. The molecular weight excluding hydrogens is 393 g/mol. The number of aliphatic hydroxyl groups is 1. The molecule has 5 N–H and O–H groups in total. The minimum Gasteiger partial charge on any atom is -0.371 e. The van der Waals surface area contributed by atoms with E-state index in [0.717, 1.165) is 51.0 Å². The molecular formula is C24H43FN5O+. The number of hydrogen-bond donors (Lipinski definition) is 5. The van der Waals surface area contributed by atoms with Gasteiger partial charge in [-0.1, -0.05) is 6.42 Å². The highest BCUT2D eigenvalue weighted by molar-refractivity contribution is 5.58. The van der Waals surface area contributed by atoms with E-state index >= 15 is 0 Å². The van der Waals surface area contributed by atoms with Crippen molar-refractivity contribution in [2.24, 2.45) is 17.8 Å². The van der Waals surface area contributed by atoms with E-state index in [1.807, 2.05) is 14.0 Å². The molecule has 1 aliphatic carbocycles. The van der Waals surface area contributed by atoms with Crippen LogP contribution in [0.25, 0.3) is 0 Å². The van der Waals surface area contributed by atoms with Crippen molar-refractivity contribution in [3.63, 3.8) is 0 Å². The Morgan fingerprint density at radius 1 is 1.23 bits per heavy atom. The van der Waals surface area contributed by atoms with Gasteiger partial charge >= 0.3 is 0 Å². The molecule has 4 aliphatic rings. The van der Waals surface area contributed by atoms with E-state index in [0.29, 0.717) is 36.3 Å². The van der Waals surface area contributed by atoms with Crippen LogP contribution in [-0.4, -0.2) is 73.6 Å². The summed E-state index contributed by atoms with van der Waals surface area (Å²) in [7, 11) is 1.99. The average Bonchev–Trinajstić information content (AvgIpc) is 3.47. The molecule has 0 aromatic rings. The van der Waals surface area contributed by atoms with Crippen molar-refractivity contribution >= 4 is 6.21 Å². The number of halogens is 1. The van der Waals surface area contributed by atoms with E-state index in [2.05, 4.69) is 32.1 Å². The van der Waals surface area contributed by atoms with E-state index in [4.69, 9.17) is 0 Å². The van der Waals surface area contributed by atoms with E-state index in [9.17, 15) is 9.50 Å². The molecule has 0 saturated carbocycles. The van der Waals surface area contributed by atoms with Crippen LogP contribution >= 0.6 is 0 Å². The highest BCUT2D eigenvalue weighted by Gasteiger charge is 2.50. The van der Waals surface area contributed by atoms with E-state index < -0.39 is 6.23 Å². The molecule has 0 radical (unpaired) electrons. The van der Waals surface area contributed by atoms with Gasteiger partial charge < -0.3 is 15.7 Å². The lowest BCUT2D eigenvalue weighted by atomic mass is 9.74. The third kappa shape index (κ3) is 5.38. The topological polar surface area (TPSA) is 71.4 Å². The number of hydrogen-bond acceptors (Lipinski definition) is 5. The first kappa shape index (κ1) is 23.3. The lowest BCUT2D eigenvalue weighted by Gasteiger charge is -2.33. The molecule has 0 aromatic carbocycles. The fourth-order valence-corrected chi connectivity index (χ4v) is 6.42. The van der Waals surface area contributed by atoms with Crippen LogP contribution in [0.15, 0.2) is 11.4 Å². The second kappa shape index (κ2) is 10.8. The molecule has 0 bridgehead atoms. The summed E-state index contributed by atoms with van der Waals surface area (Å²) < 4.78 is 16.3. The zero-order chi connectivity index (χ0) is 21.8. The van der Waals surface area contributed by atoms with Crippen molar-refractivity contribution in [1.29, 1.82) is 0 Å². The van der Waals surface area contributed by atoms with Crippen LogP contribution in [0.1, 0.15) is 58.3 Å². The Hall–Kier alpha value is -0.860. The van der Waals surface area contributed by atoms with Gasteiger partial charge in [0, 0.05) is 18.4 Å².